The van der Waals surface area contributed by atoms with E-state index in [1.165, 1.54) is 19.3 Å². The first kappa shape index (κ1) is 17.8. The quantitative estimate of drug-likeness (QED) is 0.874. The predicted molar refractivity (Wildman–Crippen MR) is 94.9 cm³/mol. The minimum Gasteiger partial charge on any atom is -0.340 e. The second-order valence-electron chi connectivity index (χ2n) is 7.39. The average Bonchev–Trinajstić information content (AvgIpc) is 3.24. The molecular formula is C18H29N5O2. The molecule has 3 amide bonds. The lowest BCUT2D eigenvalue weighted by atomic mass is 9.88. The maximum absolute atomic E-state index is 12.6. The molecule has 1 aromatic heterocycles. The summed E-state index contributed by atoms with van der Waals surface area (Å²) in [5.41, 5.74) is 0.971. The Bertz CT molecular complexity index is 608. The molecule has 7 heteroatoms. The summed E-state index contributed by atoms with van der Waals surface area (Å²) in [5.74, 6) is 0.486. The Labute approximate surface area is 149 Å². The fourth-order valence-electron chi connectivity index (χ4n) is 3.86. The summed E-state index contributed by atoms with van der Waals surface area (Å²) in [6.45, 7) is 3.31. The molecule has 138 valence electrons. The molecule has 0 spiro atoms. The second-order valence-corrected chi connectivity index (χ2v) is 7.39. The third kappa shape index (κ3) is 4.52. The van der Waals surface area contributed by atoms with Gasteiger partial charge in [0.1, 0.15) is 0 Å². The van der Waals surface area contributed by atoms with Crippen LogP contribution in [0.5, 0.6) is 0 Å². The summed E-state index contributed by atoms with van der Waals surface area (Å²) in [6, 6.07) is -0.253. The number of urea groups is 1. The number of aryl methyl sites for hydroxylation is 1. The first-order chi connectivity index (χ1) is 12.0. The number of aromatic nitrogens is 2. The van der Waals surface area contributed by atoms with E-state index in [9.17, 15) is 9.59 Å². The smallest absolute Gasteiger partial charge is 0.315 e. The van der Waals surface area contributed by atoms with Gasteiger partial charge in [0, 0.05) is 43.9 Å². The van der Waals surface area contributed by atoms with E-state index in [1.54, 1.807) is 10.9 Å². The lowest BCUT2D eigenvalue weighted by Crippen LogP contribution is -2.45. The minimum absolute atomic E-state index is 0.0358. The first-order valence-electron chi connectivity index (χ1n) is 9.37. The van der Waals surface area contributed by atoms with Crippen LogP contribution in [-0.4, -0.2) is 45.8 Å². The minimum atomic E-state index is -0.187. The van der Waals surface area contributed by atoms with Crippen LogP contribution in [0.1, 0.15) is 57.1 Å². The molecule has 1 aliphatic carbocycles. The van der Waals surface area contributed by atoms with Gasteiger partial charge in [-0.25, -0.2) is 4.79 Å². The van der Waals surface area contributed by atoms with Gasteiger partial charge < -0.3 is 15.5 Å². The van der Waals surface area contributed by atoms with Gasteiger partial charge in [-0.05, 0) is 26.2 Å². The van der Waals surface area contributed by atoms with E-state index in [-0.39, 0.29) is 29.9 Å². The summed E-state index contributed by atoms with van der Waals surface area (Å²) in [5, 5.41) is 10.1. The Morgan fingerprint density at radius 2 is 2.00 bits per heavy atom. The Hall–Kier alpha value is -2.05. The molecule has 1 aliphatic heterocycles. The zero-order valence-corrected chi connectivity index (χ0v) is 15.2. The van der Waals surface area contributed by atoms with Crippen molar-refractivity contribution >= 4 is 11.9 Å². The highest BCUT2D eigenvalue weighted by molar-refractivity contribution is 5.79. The summed E-state index contributed by atoms with van der Waals surface area (Å²) in [7, 11) is 1.85. The highest BCUT2D eigenvalue weighted by atomic mass is 16.2. The van der Waals surface area contributed by atoms with Gasteiger partial charge >= 0.3 is 6.03 Å². The van der Waals surface area contributed by atoms with Crippen molar-refractivity contribution in [2.75, 3.05) is 13.1 Å². The molecule has 7 nitrogen and oxygen atoms in total. The van der Waals surface area contributed by atoms with Crippen molar-refractivity contribution < 1.29 is 9.59 Å². The summed E-state index contributed by atoms with van der Waals surface area (Å²) in [6.07, 6.45) is 10.1. The van der Waals surface area contributed by atoms with Crippen LogP contribution >= 0.6 is 0 Å². The molecule has 3 rings (SSSR count). The van der Waals surface area contributed by atoms with E-state index in [0.717, 1.165) is 31.4 Å². The van der Waals surface area contributed by atoms with Crippen LogP contribution in [0.25, 0.3) is 0 Å². The highest BCUT2D eigenvalue weighted by Crippen LogP contribution is 2.26. The second kappa shape index (κ2) is 7.89. The van der Waals surface area contributed by atoms with Gasteiger partial charge in [0.05, 0.1) is 12.2 Å². The van der Waals surface area contributed by atoms with Crippen molar-refractivity contribution in [1.29, 1.82) is 0 Å². The maximum atomic E-state index is 12.6. The van der Waals surface area contributed by atoms with Gasteiger partial charge in [0.2, 0.25) is 5.91 Å². The molecule has 1 saturated heterocycles. The van der Waals surface area contributed by atoms with Crippen molar-refractivity contribution in [3.05, 3.63) is 18.0 Å². The van der Waals surface area contributed by atoms with E-state index < -0.39 is 0 Å². The molecule has 0 bridgehead atoms. The van der Waals surface area contributed by atoms with Crippen molar-refractivity contribution in [3.63, 3.8) is 0 Å². The lowest BCUT2D eigenvalue weighted by molar-refractivity contribution is -0.135. The van der Waals surface area contributed by atoms with Crippen molar-refractivity contribution in [2.45, 2.75) is 57.5 Å². The number of rotatable bonds is 4. The monoisotopic (exact) mass is 347 g/mol. The fourth-order valence-corrected chi connectivity index (χ4v) is 3.86. The van der Waals surface area contributed by atoms with Crippen LogP contribution < -0.4 is 10.6 Å². The van der Waals surface area contributed by atoms with Gasteiger partial charge in [0.15, 0.2) is 0 Å². The van der Waals surface area contributed by atoms with Crippen LogP contribution in [0, 0.1) is 5.92 Å². The molecule has 2 aliphatic rings. The van der Waals surface area contributed by atoms with E-state index in [1.807, 2.05) is 25.1 Å². The normalized spacial score (nSPS) is 22.6. The number of carbonyl (C=O) groups excluding carboxylic acids is 2. The number of amides is 3. The van der Waals surface area contributed by atoms with Crippen LogP contribution in [0.15, 0.2) is 12.4 Å². The Morgan fingerprint density at radius 3 is 2.68 bits per heavy atom. The number of nitrogens with one attached hydrogen (secondary N) is 2. The lowest BCUT2D eigenvalue weighted by Gasteiger charge is -2.26. The topological polar surface area (TPSA) is 79.3 Å². The molecule has 2 atom stereocenters. The molecule has 1 saturated carbocycles. The number of likely N-dealkylation sites (tertiary alicyclic amines) is 1. The van der Waals surface area contributed by atoms with Crippen molar-refractivity contribution in [2.24, 2.45) is 13.0 Å². The maximum Gasteiger partial charge on any atom is 0.315 e. The summed E-state index contributed by atoms with van der Waals surface area (Å²) >= 11 is 0. The molecule has 25 heavy (non-hydrogen) atoms. The SMILES string of the molecule is C[C@@H](NC(=O)N[C@H]1CCN(C(=O)C2CCCCC2)C1)c1cnn(C)c1. The summed E-state index contributed by atoms with van der Waals surface area (Å²) < 4.78 is 1.72. The number of carbonyl (C=O) groups is 2. The van der Waals surface area contributed by atoms with Gasteiger partial charge in [-0.2, -0.15) is 5.10 Å². The Kier molecular flexibility index (Phi) is 5.60. The van der Waals surface area contributed by atoms with E-state index in [0.29, 0.717) is 6.54 Å². The van der Waals surface area contributed by atoms with Crippen LogP contribution in [0.3, 0.4) is 0 Å². The fraction of sp³-hybridized carbons (Fsp3) is 0.722. The van der Waals surface area contributed by atoms with Crippen LogP contribution in [-0.2, 0) is 11.8 Å². The van der Waals surface area contributed by atoms with E-state index in [2.05, 4.69) is 15.7 Å². The molecule has 0 unspecified atom stereocenters. The van der Waals surface area contributed by atoms with Gasteiger partial charge in [0.25, 0.3) is 0 Å². The average molecular weight is 347 g/mol. The third-order valence-corrected chi connectivity index (χ3v) is 5.36. The van der Waals surface area contributed by atoms with Crippen molar-refractivity contribution in [1.82, 2.24) is 25.3 Å². The molecule has 1 aromatic rings. The Morgan fingerprint density at radius 1 is 1.24 bits per heavy atom. The first-order valence-corrected chi connectivity index (χ1v) is 9.37. The zero-order chi connectivity index (χ0) is 17.8. The number of hydrogen-bond donors (Lipinski definition) is 2. The van der Waals surface area contributed by atoms with Gasteiger partial charge in [-0.1, -0.05) is 19.3 Å². The molecule has 2 heterocycles. The standard InChI is InChI=1S/C18H29N5O2/c1-13(15-10-19-22(2)11-15)20-18(25)21-16-8-9-23(12-16)17(24)14-6-4-3-5-7-14/h10-11,13-14,16H,3-9,12H2,1-2H3,(H2,20,21,25)/t13-,16+/m1/s1. The Balaban J connectivity index is 1.44. The number of nitrogens with zero attached hydrogens (tertiary/aromatic N) is 3. The van der Waals surface area contributed by atoms with Crippen LogP contribution in [0.4, 0.5) is 4.79 Å². The molecule has 0 aromatic carbocycles. The van der Waals surface area contributed by atoms with Crippen molar-refractivity contribution in [3.8, 4) is 0 Å². The molecular weight excluding hydrogens is 318 g/mol. The molecule has 2 fully saturated rings. The zero-order valence-electron chi connectivity index (χ0n) is 15.2. The number of hydrogen-bond acceptors (Lipinski definition) is 3. The largest absolute Gasteiger partial charge is 0.340 e. The molecule has 2 N–H and O–H groups in total. The van der Waals surface area contributed by atoms with Gasteiger partial charge in [-0.15, -0.1) is 0 Å². The highest BCUT2D eigenvalue weighted by Gasteiger charge is 2.32. The molecule has 0 radical (unpaired) electrons. The van der Waals surface area contributed by atoms with E-state index in [4.69, 9.17) is 0 Å². The van der Waals surface area contributed by atoms with E-state index >= 15 is 0 Å². The predicted octanol–water partition coefficient (Wildman–Crippen LogP) is 1.96. The third-order valence-electron chi connectivity index (χ3n) is 5.36. The van der Waals surface area contributed by atoms with Crippen LogP contribution in [0.2, 0.25) is 0 Å². The summed E-state index contributed by atoms with van der Waals surface area (Å²) in [4.78, 5) is 26.7. The van der Waals surface area contributed by atoms with Gasteiger partial charge in [-0.3, -0.25) is 9.48 Å².